The zero-order valence-corrected chi connectivity index (χ0v) is 21.4. The normalized spacial score (nSPS) is 18.7. The molecule has 0 aliphatic carbocycles. The van der Waals surface area contributed by atoms with Crippen LogP contribution in [0.25, 0.3) is 0 Å². The van der Waals surface area contributed by atoms with Crippen LogP contribution >= 0.6 is 34.7 Å². The van der Waals surface area contributed by atoms with Crippen molar-refractivity contribution in [3.63, 3.8) is 0 Å². The van der Waals surface area contributed by atoms with E-state index in [-0.39, 0.29) is 30.4 Å². The Labute approximate surface area is 219 Å². The fourth-order valence-electron chi connectivity index (χ4n) is 3.69. The number of rotatable bonds is 9. The molecule has 2 aliphatic heterocycles. The average molecular weight is 549 g/mol. The van der Waals surface area contributed by atoms with Gasteiger partial charge < -0.3 is 14.8 Å². The lowest BCUT2D eigenvalue weighted by Crippen LogP contribution is -2.70. The first-order chi connectivity index (χ1) is 17.2. The third-order valence-corrected chi connectivity index (χ3v) is 7.89. The second kappa shape index (κ2) is 11.3. The smallest absolute Gasteiger partial charge is 0.355 e. The minimum Gasteiger partial charge on any atom is -0.461 e. The predicted molar refractivity (Wildman–Crippen MR) is 133 cm³/mol. The Balaban J connectivity index is 1.46. The summed E-state index contributed by atoms with van der Waals surface area (Å²) in [5.41, 5.74) is 0.622. The van der Waals surface area contributed by atoms with Gasteiger partial charge in [0.15, 0.2) is 12.4 Å². The second-order valence-corrected chi connectivity index (χ2v) is 10.5. The van der Waals surface area contributed by atoms with E-state index in [2.05, 4.69) is 5.32 Å². The monoisotopic (exact) mass is 548 g/mol. The number of β-lactam (4-membered cyclic amide) rings is 1. The van der Waals surface area contributed by atoms with Gasteiger partial charge in [-0.1, -0.05) is 17.7 Å². The summed E-state index contributed by atoms with van der Waals surface area (Å²) in [5, 5.41) is 4.53. The zero-order chi connectivity index (χ0) is 25.8. The summed E-state index contributed by atoms with van der Waals surface area (Å²) in [5.74, 6) is -2.39. The van der Waals surface area contributed by atoms with E-state index in [0.29, 0.717) is 16.2 Å². The fourth-order valence-corrected chi connectivity index (χ4v) is 5.84. The summed E-state index contributed by atoms with van der Waals surface area (Å²) in [6.45, 7) is 0.478. The van der Waals surface area contributed by atoms with Gasteiger partial charge in [0.05, 0.1) is 6.42 Å². The molecule has 2 aromatic rings. The molecule has 2 unspecified atom stereocenters. The molecule has 4 rings (SSSR count). The van der Waals surface area contributed by atoms with Crippen molar-refractivity contribution in [1.82, 2.24) is 10.2 Å². The van der Waals surface area contributed by atoms with Gasteiger partial charge in [-0.2, -0.15) is 0 Å². The van der Waals surface area contributed by atoms with E-state index in [0.717, 1.165) is 4.88 Å². The van der Waals surface area contributed by atoms with Crippen LogP contribution in [0, 0.1) is 0 Å². The molecule has 0 saturated carbocycles. The molecule has 0 radical (unpaired) electrons. The third kappa shape index (κ3) is 5.80. The number of thioether (sulfide) groups is 1. The molecule has 188 valence electrons. The first-order valence-corrected chi connectivity index (χ1v) is 13.1. The average Bonchev–Trinajstić information content (AvgIpc) is 3.37. The highest BCUT2D eigenvalue weighted by Gasteiger charge is 2.54. The Morgan fingerprint density at radius 3 is 2.56 bits per heavy atom. The molecule has 1 aromatic heterocycles. The van der Waals surface area contributed by atoms with Crippen molar-refractivity contribution in [3.05, 3.63) is 68.5 Å². The standard InChI is InChI=1S/C24H21ClN2O7S2/c1-13(28)33-10-15-12-36-23-20(26-19(30)9-17-3-2-8-35-17)22(31)27(23)21(15)24(32)34-11-18(29)14-4-6-16(25)7-5-14/h2-8,20,23H,9-12H2,1H3,(H,26,30). The molecule has 0 spiro atoms. The number of hydrogen-bond donors (Lipinski definition) is 1. The number of fused-ring (bicyclic) bond motifs is 1. The maximum absolute atomic E-state index is 13.0. The van der Waals surface area contributed by atoms with E-state index < -0.39 is 41.7 Å². The topological polar surface area (TPSA) is 119 Å². The number of ketones is 1. The lowest BCUT2D eigenvalue weighted by atomic mass is 10.0. The number of nitrogens with one attached hydrogen (secondary N) is 1. The van der Waals surface area contributed by atoms with Crippen molar-refractivity contribution < 1.29 is 33.4 Å². The molecule has 36 heavy (non-hydrogen) atoms. The van der Waals surface area contributed by atoms with Crippen LogP contribution in [0.4, 0.5) is 0 Å². The first kappa shape index (κ1) is 25.9. The van der Waals surface area contributed by atoms with Gasteiger partial charge in [-0.25, -0.2) is 4.79 Å². The van der Waals surface area contributed by atoms with Gasteiger partial charge in [-0.15, -0.1) is 23.1 Å². The van der Waals surface area contributed by atoms with Crippen molar-refractivity contribution in [2.24, 2.45) is 0 Å². The quantitative estimate of drug-likeness (QED) is 0.288. The number of thiophene rings is 1. The van der Waals surface area contributed by atoms with Crippen LogP contribution < -0.4 is 5.32 Å². The van der Waals surface area contributed by atoms with Crippen molar-refractivity contribution >= 4 is 64.2 Å². The number of ether oxygens (including phenoxy) is 2. The van der Waals surface area contributed by atoms with E-state index in [1.54, 1.807) is 12.1 Å². The Kier molecular flexibility index (Phi) is 8.12. The predicted octanol–water partition coefficient (Wildman–Crippen LogP) is 2.59. The first-order valence-electron chi connectivity index (χ1n) is 10.8. The van der Waals surface area contributed by atoms with Gasteiger partial charge in [-0.05, 0) is 35.7 Å². The number of nitrogens with zero attached hydrogens (tertiary/aromatic N) is 1. The van der Waals surface area contributed by atoms with E-state index in [1.807, 2.05) is 17.5 Å². The molecule has 12 heteroatoms. The summed E-state index contributed by atoms with van der Waals surface area (Å²) in [6, 6.07) is 8.98. The lowest BCUT2D eigenvalue weighted by Gasteiger charge is -2.49. The highest BCUT2D eigenvalue weighted by molar-refractivity contribution is 8.00. The van der Waals surface area contributed by atoms with Gasteiger partial charge >= 0.3 is 11.9 Å². The highest BCUT2D eigenvalue weighted by atomic mass is 35.5. The summed E-state index contributed by atoms with van der Waals surface area (Å²) in [4.78, 5) is 64.3. The van der Waals surface area contributed by atoms with Crippen LogP contribution in [0.1, 0.15) is 22.2 Å². The maximum Gasteiger partial charge on any atom is 0.355 e. The summed E-state index contributed by atoms with van der Waals surface area (Å²) in [6.07, 6.45) is 0.147. The van der Waals surface area contributed by atoms with Crippen molar-refractivity contribution in [2.75, 3.05) is 19.0 Å². The van der Waals surface area contributed by atoms with Crippen molar-refractivity contribution in [3.8, 4) is 0 Å². The molecule has 1 saturated heterocycles. The van der Waals surface area contributed by atoms with Crippen molar-refractivity contribution in [1.29, 1.82) is 0 Å². The van der Waals surface area contributed by atoms with E-state index >= 15 is 0 Å². The number of benzene rings is 1. The summed E-state index contributed by atoms with van der Waals surface area (Å²) < 4.78 is 10.3. The lowest BCUT2D eigenvalue weighted by molar-refractivity contribution is -0.152. The Hall–Kier alpha value is -3.15. The molecule has 1 aromatic carbocycles. The molecule has 2 amide bonds. The van der Waals surface area contributed by atoms with Gasteiger partial charge in [0.25, 0.3) is 5.91 Å². The SMILES string of the molecule is CC(=O)OCC1=C(C(=O)OCC(=O)c2ccc(Cl)cc2)N2C(=O)C(NC(=O)Cc3cccs3)C2SC1. The molecule has 1 fully saturated rings. The summed E-state index contributed by atoms with van der Waals surface area (Å²) >= 11 is 8.61. The Bertz CT molecular complexity index is 1230. The van der Waals surface area contributed by atoms with E-state index in [1.165, 1.54) is 47.1 Å². The Morgan fingerprint density at radius 2 is 1.89 bits per heavy atom. The molecular formula is C24H21ClN2O7S2. The molecule has 1 N–H and O–H groups in total. The molecule has 2 atom stereocenters. The highest BCUT2D eigenvalue weighted by Crippen LogP contribution is 2.40. The number of carbonyl (C=O) groups excluding carboxylic acids is 5. The molecule has 3 heterocycles. The van der Waals surface area contributed by atoms with Crippen LogP contribution in [0.2, 0.25) is 5.02 Å². The van der Waals surface area contributed by atoms with E-state index in [9.17, 15) is 24.0 Å². The molecule has 9 nitrogen and oxygen atoms in total. The second-order valence-electron chi connectivity index (χ2n) is 7.95. The number of halogens is 1. The third-order valence-electron chi connectivity index (χ3n) is 5.42. The number of hydrogen-bond acceptors (Lipinski definition) is 9. The number of Topliss-reactive ketones (excluding diaryl/α,β-unsaturated/α-hetero) is 1. The van der Waals surface area contributed by atoms with Crippen molar-refractivity contribution in [2.45, 2.75) is 24.8 Å². The van der Waals surface area contributed by atoms with E-state index in [4.69, 9.17) is 21.1 Å². The maximum atomic E-state index is 13.0. The Morgan fingerprint density at radius 1 is 1.14 bits per heavy atom. The largest absolute Gasteiger partial charge is 0.461 e. The minimum atomic E-state index is -0.888. The number of amides is 2. The fraction of sp³-hybridized carbons (Fsp3) is 0.292. The van der Waals surface area contributed by atoms with Gasteiger partial charge in [0, 0.05) is 33.7 Å². The van der Waals surface area contributed by atoms with Crippen LogP contribution in [0.5, 0.6) is 0 Å². The van der Waals surface area contributed by atoms with Crippen LogP contribution in [-0.2, 0) is 35.1 Å². The van der Waals surface area contributed by atoms with Crippen LogP contribution in [0.3, 0.4) is 0 Å². The van der Waals surface area contributed by atoms with Gasteiger partial charge in [0.1, 0.15) is 23.7 Å². The van der Waals surface area contributed by atoms with Crippen LogP contribution in [-0.4, -0.2) is 64.8 Å². The van der Waals surface area contributed by atoms with Crippen LogP contribution in [0.15, 0.2) is 53.0 Å². The van der Waals surface area contributed by atoms with Gasteiger partial charge in [0.2, 0.25) is 5.91 Å². The molecule has 2 aliphatic rings. The summed E-state index contributed by atoms with van der Waals surface area (Å²) in [7, 11) is 0. The molecular weight excluding hydrogens is 528 g/mol. The number of esters is 2. The van der Waals surface area contributed by atoms with Gasteiger partial charge in [-0.3, -0.25) is 24.1 Å². The minimum absolute atomic E-state index is 0.0716. The number of carbonyl (C=O) groups is 5. The zero-order valence-electron chi connectivity index (χ0n) is 19.0. The molecule has 0 bridgehead atoms.